The first-order chi connectivity index (χ1) is 10.7. The first-order valence-electron chi connectivity index (χ1n) is 6.95. The molecule has 1 aromatic heterocycles. The number of aryl methyl sites for hydroxylation is 1. The molecular weight excluding hydrogens is 300 g/mol. The minimum Gasteiger partial charge on any atom is -0.494 e. The lowest BCUT2D eigenvalue weighted by atomic mass is 10.1. The van der Waals surface area contributed by atoms with Gasteiger partial charge in [0.15, 0.2) is 4.80 Å². The molecule has 1 amide bonds. The molecule has 22 heavy (non-hydrogen) atoms. The van der Waals surface area contributed by atoms with Gasteiger partial charge in [0.1, 0.15) is 19.5 Å². The highest BCUT2D eigenvalue weighted by molar-refractivity contribution is 7.07. The summed E-state index contributed by atoms with van der Waals surface area (Å²) in [6.45, 7) is 3.57. The number of carbonyl (C=O) groups is 1. The molecule has 0 fully saturated rings. The average molecular weight is 316 g/mol. The molecule has 2 aromatic rings. The molecule has 3 rings (SSSR count). The van der Waals surface area contributed by atoms with Gasteiger partial charge in [0.05, 0.1) is 0 Å². The van der Waals surface area contributed by atoms with Crippen molar-refractivity contribution in [2.45, 2.75) is 13.5 Å². The maximum atomic E-state index is 12.1. The first kappa shape index (κ1) is 14.6. The van der Waals surface area contributed by atoms with Crippen molar-refractivity contribution in [3.63, 3.8) is 0 Å². The van der Waals surface area contributed by atoms with E-state index in [9.17, 15) is 4.79 Å². The summed E-state index contributed by atoms with van der Waals surface area (Å²) in [4.78, 5) is 16.8. The number of benzene rings is 1. The molecule has 0 saturated carbocycles. The van der Waals surface area contributed by atoms with Crippen molar-refractivity contribution in [3.8, 4) is 0 Å². The summed E-state index contributed by atoms with van der Waals surface area (Å²) >= 11 is 1.42. The molecule has 0 N–H and O–H groups in total. The molecule has 1 aliphatic heterocycles. The second-order valence-electron chi connectivity index (χ2n) is 4.92. The Labute approximate surface area is 132 Å². The van der Waals surface area contributed by atoms with Crippen LogP contribution in [-0.2, 0) is 20.8 Å². The number of rotatable bonds is 3. The minimum atomic E-state index is -0.417. The van der Waals surface area contributed by atoms with Gasteiger partial charge in [-0.05, 0) is 12.5 Å². The van der Waals surface area contributed by atoms with Crippen molar-refractivity contribution < 1.29 is 14.3 Å². The lowest BCUT2D eigenvalue weighted by Gasteiger charge is -2.12. The third kappa shape index (κ3) is 3.46. The molecule has 0 saturated heterocycles. The smallest absolute Gasteiger partial charge is 0.317 e. The van der Waals surface area contributed by atoms with E-state index in [-0.39, 0.29) is 5.76 Å². The van der Waals surface area contributed by atoms with Crippen LogP contribution in [0.5, 0.6) is 0 Å². The van der Waals surface area contributed by atoms with Crippen LogP contribution in [0, 0.1) is 6.92 Å². The zero-order chi connectivity index (χ0) is 15.4. The molecule has 0 atom stereocenters. The molecule has 0 aliphatic carbocycles. The Morgan fingerprint density at radius 1 is 1.32 bits per heavy atom. The summed E-state index contributed by atoms with van der Waals surface area (Å²) in [5.74, 6) is -0.263. The van der Waals surface area contributed by atoms with Gasteiger partial charge in [0.25, 0.3) is 0 Å². The number of ether oxygens (including phenoxy) is 2. The van der Waals surface area contributed by atoms with Crippen molar-refractivity contribution in [1.29, 1.82) is 0 Å². The van der Waals surface area contributed by atoms with E-state index in [4.69, 9.17) is 9.47 Å². The van der Waals surface area contributed by atoms with Crippen molar-refractivity contribution in [1.82, 2.24) is 4.57 Å². The summed E-state index contributed by atoms with van der Waals surface area (Å²) < 4.78 is 12.3. The van der Waals surface area contributed by atoms with Gasteiger partial charge in [-0.15, -0.1) is 11.3 Å². The van der Waals surface area contributed by atoms with Gasteiger partial charge >= 0.3 is 5.91 Å². The van der Waals surface area contributed by atoms with E-state index in [1.807, 2.05) is 16.1 Å². The van der Waals surface area contributed by atoms with E-state index in [1.165, 1.54) is 23.2 Å². The van der Waals surface area contributed by atoms with Gasteiger partial charge < -0.3 is 14.0 Å². The third-order valence-corrected chi connectivity index (χ3v) is 3.98. The highest BCUT2D eigenvalue weighted by Gasteiger charge is 2.14. The molecule has 1 aliphatic rings. The van der Waals surface area contributed by atoms with E-state index in [1.54, 1.807) is 0 Å². The van der Waals surface area contributed by atoms with Crippen LogP contribution in [0.3, 0.4) is 0 Å². The summed E-state index contributed by atoms with van der Waals surface area (Å²) in [6.07, 6.45) is 3.25. The zero-order valence-corrected chi connectivity index (χ0v) is 13.0. The molecule has 0 spiro atoms. The van der Waals surface area contributed by atoms with Gasteiger partial charge in [-0.1, -0.05) is 29.8 Å². The number of hydrogen-bond donors (Lipinski definition) is 0. The summed E-state index contributed by atoms with van der Waals surface area (Å²) in [5, 5.41) is 1.91. The lowest BCUT2D eigenvalue weighted by molar-refractivity contribution is -0.119. The van der Waals surface area contributed by atoms with Gasteiger partial charge in [0.2, 0.25) is 5.76 Å². The SMILES string of the molecule is Cc1ccc(Cn2ccsc2=NC(=O)C2=COCCO2)cc1. The average Bonchev–Trinajstić information content (AvgIpc) is 2.97. The molecule has 1 aromatic carbocycles. The topological polar surface area (TPSA) is 52.8 Å². The van der Waals surface area contributed by atoms with Crippen molar-refractivity contribution in [2.24, 2.45) is 4.99 Å². The molecule has 5 nitrogen and oxygen atoms in total. The van der Waals surface area contributed by atoms with Crippen LogP contribution in [0.1, 0.15) is 11.1 Å². The second kappa shape index (κ2) is 6.62. The van der Waals surface area contributed by atoms with Gasteiger partial charge in [-0.25, -0.2) is 0 Å². The highest BCUT2D eigenvalue weighted by Crippen LogP contribution is 2.07. The fraction of sp³-hybridized carbons (Fsp3) is 0.250. The van der Waals surface area contributed by atoms with Crippen LogP contribution in [-0.4, -0.2) is 23.7 Å². The van der Waals surface area contributed by atoms with Gasteiger partial charge in [-0.3, -0.25) is 4.79 Å². The summed E-state index contributed by atoms with van der Waals surface area (Å²) in [6, 6.07) is 8.29. The Morgan fingerprint density at radius 2 is 2.14 bits per heavy atom. The summed E-state index contributed by atoms with van der Waals surface area (Å²) in [7, 11) is 0. The Bertz CT molecular complexity index is 756. The van der Waals surface area contributed by atoms with Gasteiger partial charge in [0, 0.05) is 18.1 Å². The standard InChI is InChI=1S/C16H16N2O3S/c1-12-2-4-13(5-3-12)10-18-6-9-22-16(18)17-15(19)14-11-20-7-8-21-14/h2-6,9,11H,7-8,10H2,1H3. The first-order valence-corrected chi connectivity index (χ1v) is 7.83. The Balaban J connectivity index is 1.82. The van der Waals surface area contributed by atoms with E-state index >= 15 is 0 Å². The van der Waals surface area contributed by atoms with Crippen LogP contribution in [0.2, 0.25) is 0 Å². The van der Waals surface area contributed by atoms with Crippen LogP contribution in [0.4, 0.5) is 0 Å². The van der Waals surface area contributed by atoms with Gasteiger partial charge in [-0.2, -0.15) is 4.99 Å². The maximum Gasteiger partial charge on any atom is 0.317 e. The molecular formula is C16H16N2O3S. The number of amides is 1. The van der Waals surface area contributed by atoms with E-state index < -0.39 is 5.91 Å². The van der Waals surface area contributed by atoms with E-state index in [2.05, 4.69) is 36.2 Å². The second-order valence-corrected chi connectivity index (χ2v) is 5.79. The van der Waals surface area contributed by atoms with Crippen molar-refractivity contribution in [3.05, 3.63) is 63.8 Å². The third-order valence-electron chi connectivity index (χ3n) is 3.19. The molecule has 0 unspecified atom stereocenters. The predicted molar refractivity (Wildman–Crippen MR) is 83.1 cm³/mol. The van der Waals surface area contributed by atoms with Crippen molar-refractivity contribution >= 4 is 17.2 Å². The van der Waals surface area contributed by atoms with Crippen LogP contribution >= 0.6 is 11.3 Å². The minimum absolute atomic E-state index is 0.154. The Morgan fingerprint density at radius 3 is 2.86 bits per heavy atom. The maximum absolute atomic E-state index is 12.1. The Hall–Kier alpha value is -2.34. The number of aromatic nitrogens is 1. The molecule has 6 heteroatoms. The monoisotopic (exact) mass is 316 g/mol. The lowest BCUT2D eigenvalue weighted by Crippen LogP contribution is -2.20. The fourth-order valence-electron chi connectivity index (χ4n) is 2.02. The van der Waals surface area contributed by atoms with E-state index in [0.29, 0.717) is 24.6 Å². The molecule has 0 bridgehead atoms. The van der Waals surface area contributed by atoms with Crippen LogP contribution < -0.4 is 4.80 Å². The zero-order valence-electron chi connectivity index (χ0n) is 12.2. The van der Waals surface area contributed by atoms with Crippen LogP contribution in [0.15, 0.2) is 52.9 Å². The number of thiazole rings is 1. The van der Waals surface area contributed by atoms with Crippen molar-refractivity contribution in [2.75, 3.05) is 13.2 Å². The fourth-order valence-corrected chi connectivity index (χ4v) is 2.75. The van der Waals surface area contributed by atoms with E-state index in [0.717, 1.165) is 5.56 Å². The molecule has 114 valence electrons. The molecule has 2 heterocycles. The largest absolute Gasteiger partial charge is 0.494 e. The Kier molecular flexibility index (Phi) is 4.39. The normalized spacial score (nSPS) is 15.0. The number of hydrogen-bond acceptors (Lipinski definition) is 4. The number of carbonyl (C=O) groups excluding carboxylic acids is 1. The summed E-state index contributed by atoms with van der Waals surface area (Å²) in [5.41, 5.74) is 2.38. The predicted octanol–water partition coefficient (Wildman–Crippen LogP) is 2.22. The quantitative estimate of drug-likeness (QED) is 0.872. The number of nitrogens with zero attached hydrogens (tertiary/aromatic N) is 2. The highest BCUT2D eigenvalue weighted by atomic mass is 32.1. The molecule has 0 radical (unpaired) electrons. The van der Waals surface area contributed by atoms with Crippen LogP contribution in [0.25, 0.3) is 0 Å².